The van der Waals surface area contributed by atoms with Crippen molar-refractivity contribution in [3.8, 4) is 0 Å². The van der Waals surface area contributed by atoms with Gasteiger partial charge in [0.2, 0.25) is 5.91 Å². The summed E-state index contributed by atoms with van der Waals surface area (Å²) < 4.78 is 0. The lowest BCUT2D eigenvalue weighted by Gasteiger charge is -2.23. The first kappa shape index (κ1) is 15.2. The predicted octanol–water partition coefficient (Wildman–Crippen LogP) is 2.73. The minimum atomic E-state index is -0.0127. The van der Waals surface area contributed by atoms with Gasteiger partial charge in [0.15, 0.2) is 0 Å². The molecule has 5 heteroatoms. The molecule has 0 radical (unpaired) electrons. The molecule has 0 aliphatic carbocycles. The summed E-state index contributed by atoms with van der Waals surface area (Å²) in [5.74, 6) is 0.126. The molecular formula is C17H21N3OS. The number of carbonyl (C=O) groups excluding carboxylic acids is 1. The van der Waals surface area contributed by atoms with Gasteiger partial charge in [0, 0.05) is 17.6 Å². The van der Waals surface area contributed by atoms with Gasteiger partial charge in [-0.2, -0.15) is 0 Å². The largest absolute Gasteiger partial charge is 0.348 e. The average Bonchev–Trinajstić information content (AvgIpc) is 3.15. The van der Waals surface area contributed by atoms with Crippen molar-refractivity contribution in [3.05, 3.63) is 52.0 Å². The lowest BCUT2D eigenvalue weighted by atomic mass is 10.1. The minimum Gasteiger partial charge on any atom is -0.348 e. The van der Waals surface area contributed by atoms with Crippen molar-refractivity contribution < 1.29 is 4.79 Å². The van der Waals surface area contributed by atoms with Crippen molar-refractivity contribution in [2.24, 2.45) is 0 Å². The van der Waals surface area contributed by atoms with Crippen LogP contribution < -0.4 is 5.32 Å². The molecule has 1 aromatic carbocycles. The third-order valence-corrected chi connectivity index (χ3v) is 4.89. The zero-order chi connectivity index (χ0) is 15.4. The van der Waals surface area contributed by atoms with Gasteiger partial charge in [-0.25, -0.2) is 4.98 Å². The number of aromatic nitrogens is 1. The summed E-state index contributed by atoms with van der Waals surface area (Å²) in [4.78, 5) is 20.2. The number of thiazole rings is 1. The van der Waals surface area contributed by atoms with Crippen molar-refractivity contribution in [3.63, 3.8) is 0 Å². The van der Waals surface area contributed by atoms with Crippen molar-refractivity contribution >= 4 is 17.2 Å². The van der Waals surface area contributed by atoms with E-state index in [-0.39, 0.29) is 11.9 Å². The summed E-state index contributed by atoms with van der Waals surface area (Å²) in [6.07, 6.45) is 3.88. The van der Waals surface area contributed by atoms with Crippen LogP contribution in [0.5, 0.6) is 0 Å². The molecule has 1 amide bonds. The summed E-state index contributed by atoms with van der Waals surface area (Å²) in [6, 6.07) is 10.3. The molecule has 1 N–H and O–H groups in total. The Balaban J connectivity index is 1.56. The molecule has 1 fully saturated rings. The van der Waals surface area contributed by atoms with Crippen LogP contribution in [0, 0.1) is 6.92 Å². The fraction of sp³-hybridized carbons (Fsp3) is 0.412. The lowest BCUT2D eigenvalue weighted by molar-refractivity contribution is -0.125. The van der Waals surface area contributed by atoms with E-state index in [1.165, 1.54) is 10.4 Å². The predicted molar refractivity (Wildman–Crippen MR) is 88.6 cm³/mol. The van der Waals surface area contributed by atoms with Gasteiger partial charge in [-0.3, -0.25) is 9.69 Å². The highest BCUT2D eigenvalue weighted by atomic mass is 32.1. The number of amides is 1. The quantitative estimate of drug-likeness (QED) is 0.923. The lowest BCUT2D eigenvalue weighted by Crippen LogP contribution is -2.42. The molecule has 3 rings (SSSR count). The number of hydrogen-bond acceptors (Lipinski definition) is 4. The number of nitrogens with zero attached hydrogens (tertiary/aromatic N) is 2. The molecule has 1 aliphatic heterocycles. The van der Waals surface area contributed by atoms with Crippen molar-refractivity contribution in [1.82, 2.24) is 15.2 Å². The van der Waals surface area contributed by atoms with E-state index < -0.39 is 0 Å². The van der Waals surface area contributed by atoms with Crippen molar-refractivity contribution in [1.29, 1.82) is 0 Å². The number of benzene rings is 1. The van der Waals surface area contributed by atoms with Gasteiger partial charge in [0.1, 0.15) is 5.01 Å². The van der Waals surface area contributed by atoms with E-state index in [1.807, 2.05) is 31.3 Å². The first-order valence-electron chi connectivity index (χ1n) is 7.69. The second-order valence-electron chi connectivity index (χ2n) is 5.70. The third kappa shape index (κ3) is 3.72. The van der Waals surface area contributed by atoms with Crippen LogP contribution in [-0.4, -0.2) is 28.4 Å². The highest BCUT2D eigenvalue weighted by Gasteiger charge is 2.30. The Bertz CT molecular complexity index is 626. The zero-order valence-corrected chi connectivity index (χ0v) is 13.6. The highest BCUT2D eigenvalue weighted by molar-refractivity contribution is 7.11. The number of nitrogens with one attached hydrogen (secondary N) is 1. The van der Waals surface area contributed by atoms with Crippen LogP contribution in [0.15, 0.2) is 36.5 Å². The molecule has 0 spiro atoms. The molecule has 0 unspecified atom stereocenters. The summed E-state index contributed by atoms with van der Waals surface area (Å²) >= 11 is 1.64. The summed E-state index contributed by atoms with van der Waals surface area (Å²) in [5, 5.41) is 4.01. The third-order valence-electron chi connectivity index (χ3n) is 3.98. The van der Waals surface area contributed by atoms with Crippen LogP contribution in [0.2, 0.25) is 0 Å². The molecule has 2 heterocycles. The fourth-order valence-electron chi connectivity index (χ4n) is 2.89. The van der Waals surface area contributed by atoms with Gasteiger partial charge < -0.3 is 5.32 Å². The fourth-order valence-corrected chi connectivity index (χ4v) is 3.62. The topological polar surface area (TPSA) is 45.2 Å². The number of likely N-dealkylation sites (tertiary alicyclic amines) is 1. The molecule has 1 aromatic heterocycles. The molecule has 116 valence electrons. The van der Waals surface area contributed by atoms with Gasteiger partial charge in [-0.05, 0) is 31.9 Å². The summed E-state index contributed by atoms with van der Waals surface area (Å²) in [7, 11) is 0. The monoisotopic (exact) mass is 315 g/mol. The summed E-state index contributed by atoms with van der Waals surface area (Å²) in [6.45, 7) is 4.40. The van der Waals surface area contributed by atoms with E-state index in [0.29, 0.717) is 6.54 Å². The number of aryl methyl sites for hydroxylation is 1. The molecule has 4 nitrogen and oxygen atoms in total. The van der Waals surface area contributed by atoms with Crippen LogP contribution >= 0.6 is 11.3 Å². The molecule has 1 atom stereocenters. The van der Waals surface area contributed by atoms with Gasteiger partial charge in [0.05, 0.1) is 12.6 Å². The van der Waals surface area contributed by atoms with Crippen LogP contribution in [0.3, 0.4) is 0 Å². The average molecular weight is 315 g/mol. The highest BCUT2D eigenvalue weighted by Crippen LogP contribution is 2.20. The molecule has 1 aliphatic rings. The Hall–Kier alpha value is -1.72. The minimum absolute atomic E-state index is 0.0127. The molecule has 1 saturated heterocycles. The maximum Gasteiger partial charge on any atom is 0.237 e. The Morgan fingerprint density at radius 1 is 1.41 bits per heavy atom. The Morgan fingerprint density at radius 3 is 2.95 bits per heavy atom. The molecule has 0 bridgehead atoms. The van der Waals surface area contributed by atoms with E-state index in [4.69, 9.17) is 0 Å². The van der Waals surface area contributed by atoms with Gasteiger partial charge in [-0.15, -0.1) is 11.3 Å². The normalized spacial score (nSPS) is 18.5. The maximum atomic E-state index is 12.5. The van der Waals surface area contributed by atoms with Crippen LogP contribution in [0.4, 0.5) is 0 Å². The maximum absolute atomic E-state index is 12.5. The zero-order valence-electron chi connectivity index (χ0n) is 12.8. The van der Waals surface area contributed by atoms with Crippen LogP contribution in [0.25, 0.3) is 0 Å². The molecule has 2 aromatic rings. The van der Waals surface area contributed by atoms with Gasteiger partial charge in [0.25, 0.3) is 0 Å². The smallest absolute Gasteiger partial charge is 0.237 e. The number of hydrogen-bond donors (Lipinski definition) is 1. The first-order chi connectivity index (χ1) is 10.7. The van der Waals surface area contributed by atoms with E-state index in [9.17, 15) is 4.79 Å². The number of rotatable bonds is 5. The van der Waals surface area contributed by atoms with Crippen LogP contribution in [0.1, 0.15) is 28.3 Å². The van der Waals surface area contributed by atoms with E-state index >= 15 is 0 Å². The second kappa shape index (κ2) is 7.03. The van der Waals surface area contributed by atoms with Crippen LogP contribution in [-0.2, 0) is 17.9 Å². The molecule has 22 heavy (non-hydrogen) atoms. The van der Waals surface area contributed by atoms with E-state index in [2.05, 4.69) is 27.3 Å². The second-order valence-corrected chi connectivity index (χ2v) is 7.02. The van der Waals surface area contributed by atoms with E-state index in [0.717, 1.165) is 30.9 Å². The standard InChI is InChI=1S/C17H21N3OS/c1-13-10-18-16(22-13)11-19-17(21)15-8-5-9-20(15)12-14-6-3-2-4-7-14/h2-4,6-7,10,15H,5,8-9,11-12H2,1H3,(H,19,21)/t15-/m1/s1. The first-order valence-corrected chi connectivity index (χ1v) is 8.51. The SMILES string of the molecule is Cc1cnc(CNC(=O)[C@H]2CCCN2Cc2ccccc2)s1. The van der Waals surface area contributed by atoms with Crippen molar-refractivity contribution in [2.75, 3.05) is 6.54 Å². The van der Waals surface area contributed by atoms with Gasteiger partial charge in [-0.1, -0.05) is 30.3 Å². The Morgan fingerprint density at radius 2 is 2.23 bits per heavy atom. The molecular weight excluding hydrogens is 294 g/mol. The Labute approximate surface area is 135 Å². The summed E-state index contributed by atoms with van der Waals surface area (Å²) in [5.41, 5.74) is 1.26. The van der Waals surface area contributed by atoms with Crippen molar-refractivity contribution in [2.45, 2.75) is 38.9 Å². The van der Waals surface area contributed by atoms with Gasteiger partial charge >= 0.3 is 0 Å². The molecule has 0 saturated carbocycles. The van der Waals surface area contributed by atoms with E-state index in [1.54, 1.807) is 11.3 Å². The number of carbonyl (C=O) groups is 1. The Kier molecular flexibility index (Phi) is 4.85.